The van der Waals surface area contributed by atoms with Gasteiger partial charge >= 0.3 is 0 Å². The third kappa shape index (κ3) is 2.68. The van der Waals surface area contributed by atoms with Gasteiger partial charge in [0, 0.05) is 12.1 Å². The molecule has 96 valence electrons. The van der Waals surface area contributed by atoms with E-state index in [4.69, 9.17) is 5.26 Å². The first-order valence-electron chi connectivity index (χ1n) is 6.22. The van der Waals surface area contributed by atoms with E-state index in [1.54, 1.807) is 6.07 Å². The Morgan fingerprint density at radius 3 is 2.78 bits per heavy atom. The van der Waals surface area contributed by atoms with Crippen LogP contribution in [0.25, 0.3) is 0 Å². The molecule has 1 saturated carbocycles. The fourth-order valence-corrected chi connectivity index (χ4v) is 2.51. The van der Waals surface area contributed by atoms with Crippen molar-refractivity contribution in [3.05, 3.63) is 35.4 Å². The van der Waals surface area contributed by atoms with E-state index in [0.29, 0.717) is 5.56 Å². The lowest BCUT2D eigenvalue weighted by atomic mass is 10.0. The molecular weight excluding hydrogens is 234 g/mol. The van der Waals surface area contributed by atoms with Crippen molar-refractivity contribution in [2.24, 2.45) is 5.92 Å². The lowest BCUT2D eigenvalue weighted by Gasteiger charge is -2.22. The molecule has 3 unspecified atom stereocenters. The van der Waals surface area contributed by atoms with Crippen molar-refractivity contribution < 1.29 is 8.78 Å². The monoisotopic (exact) mass is 250 g/mol. The first-order valence-corrected chi connectivity index (χ1v) is 6.22. The molecule has 3 atom stereocenters. The zero-order valence-electron chi connectivity index (χ0n) is 10.3. The van der Waals surface area contributed by atoms with Crippen molar-refractivity contribution in [2.45, 2.75) is 38.3 Å². The Morgan fingerprint density at radius 2 is 2.11 bits per heavy atom. The minimum atomic E-state index is -0.832. The van der Waals surface area contributed by atoms with Gasteiger partial charge in [-0.2, -0.15) is 5.26 Å². The molecule has 1 aromatic rings. The molecule has 0 amide bonds. The second-order valence-corrected chi connectivity index (χ2v) is 4.83. The largest absolute Gasteiger partial charge is 0.306 e. The summed E-state index contributed by atoms with van der Waals surface area (Å²) in [6.07, 6.45) is 2.92. The van der Waals surface area contributed by atoms with Gasteiger partial charge in [-0.1, -0.05) is 12.5 Å². The van der Waals surface area contributed by atoms with Gasteiger partial charge in [0.2, 0.25) is 0 Å². The SMILES string of the molecule is CC(NC1CCCC1C#N)c1ccc(F)c(F)c1. The molecule has 2 nitrogen and oxygen atoms in total. The van der Waals surface area contributed by atoms with Crippen LogP contribution in [-0.4, -0.2) is 6.04 Å². The molecule has 1 aliphatic carbocycles. The number of nitrogens with one attached hydrogen (secondary N) is 1. The van der Waals surface area contributed by atoms with Crippen LogP contribution < -0.4 is 5.32 Å². The minimum absolute atomic E-state index is 0.0257. The highest BCUT2D eigenvalue weighted by Crippen LogP contribution is 2.27. The van der Waals surface area contributed by atoms with Gasteiger partial charge in [-0.25, -0.2) is 8.78 Å². The standard InChI is InChI=1S/C14H16F2N2/c1-9(10-5-6-12(15)13(16)7-10)18-14-4-2-3-11(14)8-17/h5-7,9,11,14,18H,2-4H2,1H3. The number of halogens is 2. The smallest absolute Gasteiger partial charge is 0.159 e. The molecule has 2 rings (SSSR count). The maximum atomic E-state index is 13.1. The average Bonchev–Trinajstić information content (AvgIpc) is 2.79. The Labute approximate surface area is 106 Å². The van der Waals surface area contributed by atoms with E-state index in [9.17, 15) is 8.78 Å². The molecule has 18 heavy (non-hydrogen) atoms. The van der Waals surface area contributed by atoms with Crippen LogP contribution in [0.5, 0.6) is 0 Å². The number of nitrogens with zero attached hydrogens (tertiary/aromatic N) is 1. The lowest BCUT2D eigenvalue weighted by molar-refractivity contribution is 0.415. The van der Waals surface area contributed by atoms with Gasteiger partial charge in [0.1, 0.15) is 0 Å². The van der Waals surface area contributed by atoms with Gasteiger partial charge in [0.15, 0.2) is 11.6 Å². The van der Waals surface area contributed by atoms with Crippen LogP contribution in [0.4, 0.5) is 8.78 Å². The van der Waals surface area contributed by atoms with E-state index in [1.807, 2.05) is 6.92 Å². The Balaban J connectivity index is 2.05. The highest BCUT2D eigenvalue weighted by molar-refractivity contribution is 5.21. The van der Waals surface area contributed by atoms with Gasteiger partial charge in [-0.3, -0.25) is 0 Å². The van der Waals surface area contributed by atoms with Crippen molar-refractivity contribution >= 4 is 0 Å². The maximum absolute atomic E-state index is 13.1. The van der Waals surface area contributed by atoms with Crippen molar-refractivity contribution in [1.82, 2.24) is 5.32 Å². The molecule has 1 N–H and O–H groups in total. The molecule has 0 aromatic heterocycles. The maximum Gasteiger partial charge on any atom is 0.159 e. The summed E-state index contributed by atoms with van der Waals surface area (Å²) >= 11 is 0. The number of rotatable bonds is 3. The molecular formula is C14H16F2N2. The van der Waals surface area contributed by atoms with E-state index in [0.717, 1.165) is 25.3 Å². The van der Waals surface area contributed by atoms with E-state index in [2.05, 4.69) is 11.4 Å². The summed E-state index contributed by atoms with van der Waals surface area (Å²) in [7, 11) is 0. The summed E-state index contributed by atoms with van der Waals surface area (Å²) < 4.78 is 26.0. The van der Waals surface area contributed by atoms with Gasteiger partial charge in [-0.15, -0.1) is 0 Å². The van der Waals surface area contributed by atoms with Crippen molar-refractivity contribution in [3.63, 3.8) is 0 Å². The summed E-state index contributed by atoms with van der Waals surface area (Å²) in [6, 6.07) is 6.29. The third-order valence-electron chi connectivity index (χ3n) is 3.59. The first kappa shape index (κ1) is 13.0. The fraction of sp³-hybridized carbons (Fsp3) is 0.500. The predicted octanol–water partition coefficient (Wildman–Crippen LogP) is 3.31. The number of hydrogen-bond donors (Lipinski definition) is 1. The lowest BCUT2D eigenvalue weighted by Crippen LogP contribution is -2.33. The molecule has 1 aliphatic rings. The van der Waals surface area contributed by atoms with Crippen molar-refractivity contribution in [2.75, 3.05) is 0 Å². The van der Waals surface area contributed by atoms with Crippen LogP contribution in [0.1, 0.15) is 37.8 Å². The summed E-state index contributed by atoms with van der Waals surface area (Å²) in [4.78, 5) is 0. The minimum Gasteiger partial charge on any atom is -0.306 e. The Bertz CT molecular complexity index is 467. The summed E-state index contributed by atoms with van der Waals surface area (Å²) in [6.45, 7) is 1.90. The van der Waals surface area contributed by atoms with Crippen molar-refractivity contribution in [3.8, 4) is 6.07 Å². The molecule has 0 aliphatic heterocycles. The molecule has 4 heteroatoms. The number of nitriles is 1. The number of hydrogen-bond acceptors (Lipinski definition) is 2. The molecule has 1 fully saturated rings. The summed E-state index contributed by atoms with van der Waals surface area (Å²) in [5, 5.41) is 12.3. The Hall–Kier alpha value is -1.47. The second kappa shape index (κ2) is 5.45. The topological polar surface area (TPSA) is 35.8 Å². The van der Waals surface area contributed by atoms with Crippen LogP contribution >= 0.6 is 0 Å². The molecule has 1 aromatic carbocycles. The average molecular weight is 250 g/mol. The van der Waals surface area contributed by atoms with Crippen LogP contribution in [0, 0.1) is 28.9 Å². The van der Waals surface area contributed by atoms with Gasteiger partial charge in [0.25, 0.3) is 0 Å². The quantitative estimate of drug-likeness (QED) is 0.893. The third-order valence-corrected chi connectivity index (χ3v) is 3.59. The zero-order chi connectivity index (χ0) is 13.1. The van der Waals surface area contributed by atoms with Crippen LogP contribution in [0.15, 0.2) is 18.2 Å². The number of benzene rings is 1. The highest BCUT2D eigenvalue weighted by Gasteiger charge is 2.28. The molecule has 0 spiro atoms. The zero-order valence-corrected chi connectivity index (χ0v) is 10.3. The Kier molecular flexibility index (Phi) is 3.93. The molecule has 0 bridgehead atoms. The summed E-state index contributed by atoms with van der Waals surface area (Å²) in [5.41, 5.74) is 0.706. The van der Waals surface area contributed by atoms with Crippen molar-refractivity contribution in [1.29, 1.82) is 5.26 Å². The van der Waals surface area contributed by atoms with Gasteiger partial charge in [-0.05, 0) is 37.5 Å². The summed E-state index contributed by atoms with van der Waals surface area (Å²) in [5.74, 6) is -1.64. The van der Waals surface area contributed by atoms with E-state index in [-0.39, 0.29) is 18.0 Å². The normalized spacial score (nSPS) is 24.8. The molecule has 0 saturated heterocycles. The van der Waals surface area contributed by atoms with E-state index >= 15 is 0 Å². The van der Waals surface area contributed by atoms with Crippen LogP contribution in [-0.2, 0) is 0 Å². The Morgan fingerprint density at radius 1 is 1.33 bits per heavy atom. The molecule has 0 heterocycles. The van der Waals surface area contributed by atoms with E-state index < -0.39 is 11.6 Å². The van der Waals surface area contributed by atoms with E-state index in [1.165, 1.54) is 6.07 Å². The molecule has 0 radical (unpaired) electrons. The highest BCUT2D eigenvalue weighted by atomic mass is 19.2. The van der Waals surface area contributed by atoms with Gasteiger partial charge < -0.3 is 5.32 Å². The predicted molar refractivity (Wildman–Crippen MR) is 64.7 cm³/mol. The second-order valence-electron chi connectivity index (χ2n) is 4.83. The fourth-order valence-electron chi connectivity index (χ4n) is 2.51. The van der Waals surface area contributed by atoms with Crippen LogP contribution in [0.3, 0.4) is 0 Å². The van der Waals surface area contributed by atoms with Crippen LogP contribution in [0.2, 0.25) is 0 Å². The first-order chi connectivity index (χ1) is 8.61. The van der Waals surface area contributed by atoms with Gasteiger partial charge in [0.05, 0.1) is 12.0 Å².